The lowest BCUT2D eigenvalue weighted by Crippen LogP contribution is -2.03. The maximum Gasteiger partial charge on any atom is 0.416 e. The topological polar surface area (TPSA) is 48.4 Å². The number of carbonyl (C=O) groups excluding carboxylic acids is 1. The Labute approximate surface area is 173 Å². The third kappa shape index (κ3) is 5.30. The van der Waals surface area contributed by atoms with Crippen LogP contribution < -0.4 is 4.89 Å². The Morgan fingerprint density at radius 1 is 1.10 bits per heavy atom. The number of hydrogen-bond donors (Lipinski definition) is 0. The number of aromatic nitrogens is 1. The Morgan fingerprint density at radius 3 is 2.38 bits per heavy atom. The van der Waals surface area contributed by atoms with Crippen molar-refractivity contribution in [3.63, 3.8) is 0 Å². The highest BCUT2D eigenvalue weighted by Crippen LogP contribution is 2.40. The molecule has 0 radical (unpaired) electrons. The van der Waals surface area contributed by atoms with Gasteiger partial charge in [-0.05, 0) is 49.7 Å². The van der Waals surface area contributed by atoms with Gasteiger partial charge in [-0.1, -0.05) is 23.9 Å². The third-order valence-electron chi connectivity index (χ3n) is 3.82. The summed E-state index contributed by atoms with van der Waals surface area (Å²) < 4.78 is 39.1. The van der Waals surface area contributed by atoms with Gasteiger partial charge in [0.15, 0.2) is 5.75 Å². The zero-order valence-electron chi connectivity index (χ0n) is 15.7. The third-order valence-corrected chi connectivity index (χ3v) is 6.29. The van der Waals surface area contributed by atoms with Gasteiger partial charge in [0.05, 0.1) is 15.5 Å². The van der Waals surface area contributed by atoms with Gasteiger partial charge in [0.25, 0.3) is 0 Å². The van der Waals surface area contributed by atoms with E-state index < -0.39 is 17.7 Å². The molecule has 29 heavy (non-hydrogen) atoms. The molecule has 2 aromatic carbocycles. The molecule has 0 bridgehead atoms. The van der Waals surface area contributed by atoms with Crippen LogP contribution in [0.4, 0.5) is 13.2 Å². The van der Waals surface area contributed by atoms with Crippen LogP contribution in [0.15, 0.2) is 51.6 Å². The standard InChI is InChI=1S/C20H16F3NO3S2/c1-11-10-16(8-9-17(11)27-26-13(3)25)28-19-12(2)24-18(29-19)14-4-6-15(7-5-14)20(21,22)23/h4-10H,1-3H3. The second-order valence-electron chi connectivity index (χ2n) is 6.15. The first-order valence-electron chi connectivity index (χ1n) is 8.42. The summed E-state index contributed by atoms with van der Waals surface area (Å²) in [5, 5.41) is 0.658. The van der Waals surface area contributed by atoms with E-state index >= 15 is 0 Å². The average Bonchev–Trinajstić information content (AvgIpc) is 3.01. The molecule has 0 saturated carbocycles. The number of hydrogen-bond acceptors (Lipinski definition) is 6. The van der Waals surface area contributed by atoms with Crippen LogP contribution >= 0.6 is 23.1 Å². The maximum atomic E-state index is 12.7. The molecule has 4 nitrogen and oxygen atoms in total. The van der Waals surface area contributed by atoms with Crippen LogP contribution in [-0.4, -0.2) is 11.0 Å². The minimum absolute atomic E-state index is 0.441. The van der Waals surface area contributed by atoms with E-state index in [2.05, 4.69) is 9.87 Å². The van der Waals surface area contributed by atoms with Crippen molar-refractivity contribution in [1.29, 1.82) is 0 Å². The van der Waals surface area contributed by atoms with Gasteiger partial charge in [0.1, 0.15) is 5.01 Å². The Morgan fingerprint density at radius 2 is 1.79 bits per heavy atom. The molecule has 0 N–H and O–H groups in total. The zero-order chi connectivity index (χ0) is 21.2. The van der Waals surface area contributed by atoms with E-state index in [4.69, 9.17) is 4.89 Å². The van der Waals surface area contributed by atoms with Crippen LogP contribution in [0.25, 0.3) is 10.6 Å². The predicted octanol–water partition coefficient (Wildman–Crippen LogP) is 6.45. The largest absolute Gasteiger partial charge is 0.416 e. The van der Waals surface area contributed by atoms with Crippen LogP contribution in [0.3, 0.4) is 0 Å². The number of rotatable bonds is 5. The number of thiazole rings is 1. The van der Waals surface area contributed by atoms with Crippen LogP contribution in [0.2, 0.25) is 0 Å². The van der Waals surface area contributed by atoms with Gasteiger partial charge in [-0.3, -0.25) is 9.78 Å². The van der Waals surface area contributed by atoms with Crippen LogP contribution in [0, 0.1) is 13.8 Å². The molecule has 1 heterocycles. The summed E-state index contributed by atoms with van der Waals surface area (Å²) in [7, 11) is 0. The quantitative estimate of drug-likeness (QED) is 0.338. The molecule has 0 amide bonds. The molecule has 0 spiro atoms. The first-order chi connectivity index (χ1) is 13.6. The molecule has 0 saturated heterocycles. The Hall–Kier alpha value is -2.52. The van der Waals surface area contributed by atoms with Crippen LogP contribution in [0.1, 0.15) is 23.7 Å². The SMILES string of the molecule is CC(=O)OOc1ccc(Sc2sc(-c3ccc(C(F)(F)F)cc3)nc2C)cc1C. The monoisotopic (exact) mass is 439 g/mol. The molecule has 0 aliphatic rings. The second-order valence-corrected chi connectivity index (χ2v) is 8.50. The molecule has 0 atom stereocenters. The molecule has 1 aromatic heterocycles. The fraction of sp³-hybridized carbons (Fsp3) is 0.200. The van der Waals surface area contributed by atoms with Gasteiger partial charge in [-0.2, -0.15) is 13.2 Å². The minimum atomic E-state index is -4.36. The number of halogens is 3. The van der Waals surface area contributed by atoms with Crippen LogP contribution in [-0.2, 0) is 15.9 Å². The van der Waals surface area contributed by atoms with E-state index in [9.17, 15) is 18.0 Å². The van der Waals surface area contributed by atoms with Gasteiger partial charge in [0.2, 0.25) is 0 Å². The number of nitrogens with zero attached hydrogens (tertiary/aromatic N) is 1. The number of carbonyl (C=O) groups is 1. The Balaban J connectivity index is 1.77. The van der Waals surface area contributed by atoms with Crippen molar-refractivity contribution in [3.8, 4) is 16.3 Å². The fourth-order valence-corrected chi connectivity index (χ4v) is 4.67. The maximum absolute atomic E-state index is 12.7. The highest BCUT2D eigenvalue weighted by molar-refractivity contribution is 8.01. The molecule has 0 aliphatic heterocycles. The molecule has 152 valence electrons. The summed E-state index contributed by atoms with van der Waals surface area (Å²) in [5.74, 6) is -0.102. The van der Waals surface area contributed by atoms with E-state index in [0.29, 0.717) is 16.3 Å². The average molecular weight is 439 g/mol. The van der Waals surface area contributed by atoms with E-state index in [1.54, 1.807) is 6.07 Å². The van der Waals surface area contributed by atoms with Crippen molar-refractivity contribution in [2.75, 3.05) is 0 Å². The lowest BCUT2D eigenvalue weighted by molar-refractivity contribution is -0.211. The van der Waals surface area contributed by atoms with E-state index in [-0.39, 0.29) is 0 Å². The lowest BCUT2D eigenvalue weighted by Gasteiger charge is -2.07. The lowest BCUT2D eigenvalue weighted by atomic mass is 10.1. The summed E-state index contributed by atoms with van der Waals surface area (Å²) in [6.07, 6.45) is -4.36. The van der Waals surface area contributed by atoms with Gasteiger partial charge in [0, 0.05) is 17.4 Å². The van der Waals surface area contributed by atoms with E-state index in [1.165, 1.54) is 42.2 Å². The molecule has 9 heteroatoms. The van der Waals surface area contributed by atoms with Crippen molar-refractivity contribution in [3.05, 3.63) is 59.3 Å². The van der Waals surface area contributed by atoms with Crippen molar-refractivity contribution in [2.24, 2.45) is 0 Å². The summed E-state index contributed by atoms with van der Waals surface area (Å²) in [5.41, 5.74) is 1.55. The molecule has 3 rings (SSSR count). The predicted molar refractivity (Wildman–Crippen MR) is 105 cm³/mol. The fourth-order valence-electron chi connectivity index (χ4n) is 2.39. The summed E-state index contributed by atoms with van der Waals surface area (Å²) in [4.78, 5) is 25.8. The van der Waals surface area contributed by atoms with E-state index in [0.717, 1.165) is 32.5 Å². The summed E-state index contributed by atoms with van der Waals surface area (Å²) >= 11 is 2.91. The van der Waals surface area contributed by atoms with Crippen molar-refractivity contribution in [2.45, 2.75) is 36.1 Å². The first-order valence-corrected chi connectivity index (χ1v) is 10.1. The smallest absolute Gasteiger partial charge is 0.287 e. The van der Waals surface area contributed by atoms with Crippen molar-refractivity contribution >= 4 is 29.1 Å². The molecular formula is C20H16F3NO3S2. The van der Waals surface area contributed by atoms with Crippen molar-refractivity contribution < 1.29 is 27.7 Å². The Bertz CT molecular complexity index is 1030. The molecule has 0 unspecified atom stereocenters. The van der Waals surface area contributed by atoms with Gasteiger partial charge in [-0.15, -0.1) is 11.3 Å². The van der Waals surface area contributed by atoms with E-state index in [1.807, 2.05) is 26.0 Å². The highest BCUT2D eigenvalue weighted by Gasteiger charge is 2.30. The second kappa shape index (κ2) is 8.46. The van der Waals surface area contributed by atoms with Crippen LogP contribution in [0.5, 0.6) is 5.75 Å². The molecule has 3 aromatic rings. The summed E-state index contributed by atoms with van der Waals surface area (Å²) in [6, 6.07) is 10.4. The van der Waals surface area contributed by atoms with Gasteiger partial charge < -0.3 is 0 Å². The molecular weight excluding hydrogens is 423 g/mol. The highest BCUT2D eigenvalue weighted by atomic mass is 32.2. The minimum Gasteiger partial charge on any atom is -0.287 e. The summed E-state index contributed by atoms with van der Waals surface area (Å²) in [6.45, 7) is 4.94. The zero-order valence-corrected chi connectivity index (χ0v) is 17.3. The number of aryl methyl sites for hydroxylation is 2. The molecule has 0 fully saturated rings. The van der Waals surface area contributed by atoms with Gasteiger partial charge >= 0.3 is 12.1 Å². The first kappa shape index (κ1) is 21.2. The molecule has 0 aliphatic carbocycles. The number of alkyl halides is 3. The number of benzene rings is 2. The van der Waals surface area contributed by atoms with Crippen molar-refractivity contribution in [1.82, 2.24) is 4.98 Å². The Kier molecular flexibility index (Phi) is 6.18. The van der Waals surface area contributed by atoms with Gasteiger partial charge in [-0.25, -0.2) is 9.78 Å². The normalized spacial score (nSPS) is 11.4.